The molecule has 0 aliphatic carbocycles. The number of nitrogens with one attached hydrogen (secondary N) is 2. The van der Waals surface area contributed by atoms with Crippen molar-refractivity contribution in [1.29, 1.82) is 0 Å². The van der Waals surface area contributed by atoms with Crippen molar-refractivity contribution in [2.75, 3.05) is 5.43 Å². The highest BCUT2D eigenvalue weighted by atomic mass is 79.9. The Bertz CT molecular complexity index is 1280. The number of carbonyl (C=O) groups excluding carboxylic acids is 1. The zero-order chi connectivity index (χ0) is 26.7. The number of halogens is 9. The van der Waals surface area contributed by atoms with E-state index < -0.39 is 46.7 Å². The van der Waals surface area contributed by atoms with Gasteiger partial charge < -0.3 is 0 Å². The normalized spacial score (nSPS) is 13.3. The molecule has 3 aromatic rings. The molecule has 1 unspecified atom stereocenters. The highest BCUT2D eigenvalue weighted by molar-refractivity contribution is 9.13. The number of amides is 1. The molecule has 0 aliphatic heterocycles. The Labute approximate surface area is 216 Å². The summed E-state index contributed by atoms with van der Waals surface area (Å²) in [6.45, 7) is 0. The second-order valence-corrected chi connectivity index (χ2v) is 8.83. The minimum Gasteiger partial charge on any atom is -0.267 e. The first-order valence-corrected chi connectivity index (χ1v) is 11.3. The van der Waals surface area contributed by atoms with Crippen molar-refractivity contribution in [3.63, 3.8) is 0 Å². The molecular weight excluding hydrogens is 629 g/mol. The van der Waals surface area contributed by atoms with Gasteiger partial charge in [-0.3, -0.25) is 15.6 Å². The van der Waals surface area contributed by atoms with Crippen LogP contribution in [0.2, 0.25) is 0 Å². The molecule has 1 atom stereocenters. The van der Waals surface area contributed by atoms with Gasteiger partial charge in [-0.15, -0.1) is 0 Å². The number of nitrogens with zero attached hydrogens (tertiary/aromatic N) is 2. The third kappa shape index (κ3) is 6.81. The molecule has 36 heavy (non-hydrogen) atoms. The lowest BCUT2D eigenvalue weighted by molar-refractivity contribution is -0.140. The van der Waals surface area contributed by atoms with Crippen LogP contribution in [-0.4, -0.2) is 22.1 Å². The first-order chi connectivity index (χ1) is 16.8. The van der Waals surface area contributed by atoms with Gasteiger partial charge in [0.1, 0.15) is 11.7 Å². The molecule has 0 saturated heterocycles. The second-order valence-electron chi connectivity index (χ2n) is 7.12. The van der Waals surface area contributed by atoms with E-state index in [1.54, 1.807) is 0 Å². The van der Waals surface area contributed by atoms with Gasteiger partial charge in [0.2, 0.25) is 5.95 Å². The van der Waals surface area contributed by atoms with E-state index in [1.165, 1.54) is 24.5 Å². The van der Waals surface area contributed by atoms with Gasteiger partial charge in [-0.2, -0.15) is 26.3 Å². The molecule has 2 N–H and O–H groups in total. The molecule has 2 aromatic carbocycles. The maximum Gasteiger partial charge on any atom is 0.417 e. The van der Waals surface area contributed by atoms with Crippen LogP contribution in [0.3, 0.4) is 0 Å². The number of anilines is 1. The quantitative estimate of drug-likeness (QED) is 0.217. The maximum absolute atomic E-state index is 14.9. The van der Waals surface area contributed by atoms with E-state index in [1.807, 2.05) is 5.43 Å². The lowest BCUT2D eigenvalue weighted by Gasteiger charge is -2.19. The molecule has 0 bridgehead atoms. The molecule has 0 saturated carbocycles. The first-order valence-electron chi connectivity index (χ1n) is 9.71. The van der Waals surface area contributed by atoms with Gasteiger partial charge in [0.05, 0.1) is 11.1 Å². The summed E-state index contributed by atoms with van der Waals surface area (Å²) in [4.78, 5) is 19.8. The molecule has 1 amide bonds. The Morgan fingerprint density at radius 2 is 1.61 bits per heavy atom. The average Bonchev–Trinajstić information content (AvgIpc) is 2.81. The molecule has 3 rings (SSSR count). The van der Waals surface area contributed by atoms with E-state index in [4.69, 9.17) is 0 Å². The number of alkyl halides is 6. The Morgan fingerprint density at radius 1 is 0.944 bits per heavy atom. The lowest BCUT2D eigenvalue weighted by Crippen LogP contribution is -2.32. The highest BCUT2D eigenvalue weighted by Gasteiger charge is 2.40. The van der Waals surface area contributed by atoms with Crippen LogP contribution in [0, 0.1) is 0 Å². The van der Waals surface area contributed by atoms with Gasteiger partial charge in [0, 0.05) is 26.9 Å². The zero-order valence-corrected chi connectivity index (χ0v) is 20.7. The van der Waals surface area contributed by atoms with Gasteiger partial charge in [-0.1, -0.05) is 12.1 Å². The van der Waals surface area contributed by atoms with Gasteiger partial charge in [0.15, 0.2) is 0 Å². The van der Waals surface area contributed by atoms with Crippen LogP contribution in [0.25, 0.3) is 5.83 Å². The second kappa shape index (κ2) is 10.9. The van der Waals surface area contributed by atoms with Gasteiger partial charge in [0.25, 0.3) is 5.91 Å². The number of benzene rings is 2. The van der Waals surface area contributed by atoms with E-state index in [9.17, 15) is 35.5 Å². The molecular formula is C22H13Br2F7N4O. The number of allylic oxidation sites excluding steroid dienone is 1. The van der Waals surface area contributed by atoms with E-state index in [0.717, 1.165) is 18.2 Å². The van der Waals surface area contributed by atoms with Crippen LogP contribution in [0.1, 0.15) is 33.0 Å². The van der Waals surface area contributed by atoms with Gasteiger partial charge in [-0.25, -0.2) is 14.4 Å². The molecule has 1 aromatic heterocycles. The molecule has 0 radical (unpaired) electrons. The summed E-state index contributed by atoms with van der Waals surface area (Å²) < 4.78 is 97.7. The van der Waals surface area contributed by atoms with Crippen LogP contribution < -0.4 is 10.9 Å². The van der Waals surface area contributed by atoms with E-state index in [0.29, 0.717) is 10.5 Å². The van der Waals surface area contributed by atoms with Crippen molar-refractivity contribution in [3.8, 4) is 0 Å². The SMILES string of the molecule is O=C(NNc1ncccn1)c1ccc(/C(F)=C/C(c2ccc(Br)c(Br)c2)C(F)(F)F)cc1C(F)(F)F. The summed E-state index contributed by atoms with van der Waals surface area (Å²) >= 11 is 6.19. The first kappa shape index (κ1) is 27.6. The Hall–Kier alpha value is -3.00. The van der Waals surface area contributed by atoms with Gasteiger partial charge >= 0.3 is 12.4 Å². The number of hydrogen-bond acceptors (Lipinski definition) is 4. The zero-order valence-electron chi connectivity index (χ0n) is 17.6. The van der Waals surface area contributed by atoms with Crippen molar-refractivity contribution in [1.82, 2.24) is 15.4 Å². The van der Waals surface area contributed by atoms with Crippen LogP contribution in [0.4, 0.5) is 36.7 Å². The number of hydrogen-bond donors (Lipinski definition) is 2. The highest BCUT2D eigenvalue weighted by Crippen LogP contribution is 2.41. The minimum absolute atomic E-state index is 0.109. The predicted molar refractivity (Wildman–Crippen MR) is 124 cm³/mol. The summed E-state index contributed by atoms with van der Waals surface area (Å²) in [6.07, 6.45) is -7.25. The monoisotopic (exact) mass is 640 g/mol. The smallest absolute Gasteiger partial charge is 0.267 e. The van der Waals surface area contributed by atoms with Crippen molar-refractivity contribution < 1.29 is 35.5 Å². The fraction of sp³-hybridized carbons (Fsp3) is 0.136. The average molecular weight is 642 g/mol. The van der Waals surface area contributed by atoms with Crippen LogP contribution >= 0.6 is 31.9 Å². The van der Waals surface area contributed by atoms with Gasteiger partial charge in [-0.05, 0) is 73.8 Å². The summed E-state index contributed by atoms with van der Waals surface area (Å²) in [5, 5.41) is 0. The topological polar surface area (TPSA) is 66.9 Å². The summed E-state index contributed by atoms with van der Waals surface area (Å²) in [6, 6.07) is 6.71. The molecule has 0 aliphatic rings. The Kier molecular flexibility index (Phi) is 8.39. The lowest BCUT2D eigenvalue weighted by atomic mass is 9.95. The third-order valence-electron chi connectivity index (χ3n) is 4.67. The van der Waals surface area contributed by atoms with Crippen LogP contribution in [0.5, 0.6) is 0 Å². The van der Waals surface area contributed by atoms with Crippen LogP contribution in [0.15, 0.2) is 69.9 Å². The van der Waals surface area contributed by atoms with E-state index >= 15 is 0 Å². The molecule has 14 heteroatoms. The molecule has 5 nitrogen and oxygen atoms in total. The summed E-state index contributed by atoms with van der Waals surface area (Å²) in [5.41, 5.74) is 0.629. The number of rotatable bonds is 6. The predicted octanol–water partition coefficient (Wildman–Crippen LogP) is 7.43. The fourth-order valence-electron chi connectivity index (χ4n) is 3.00. The molecule has 190 valence electrons. The number of carbonyl (C=O) groups is 1. The van der Waals surface area contributed by atoms with E-state index in [-0.39, 0.29) is 28.1 Å². The largest absolute Gasteiger partial charge is 0.417 e. The Morgan fingerprint density at radius 3 is 2.19 bits per heavy atom. The van der Waals surface area contributed by atoms with Crippen LogP contribution in [-0.2, 0) is 6.18 Å². The standard InChI is InChI=1S/C22H13Br2F7N4O/c23-16-5-3-11(9-17(16)24)14(21(26,27)28)10-18(25)12-2-4-13(15(8-12)22(29,30)31)19(36)34-35-20-32-6-1-7-33-20/h1-10,14H,(H,34,36)(H,32,33,35)/b18-10-. The van der Waals surface area contributed by atoms with Crippen molar-refractivity contribution >= 4 is 49.5 Å². The summed E-state index contributed by atoms with van der Waals surface area (Å²) in [7, 11) is 0. The molecule has 1 heterocycles. The number of hydrazine groups is 1. The maximum atomic E-state index is 14.9. The molecule has 0 fully saturated rings. The Balaban J connectivity index is 1.96. The number of aromatic nitrogens is 2. The van der Waals surface area contributed by atoms with Crippen molar-refractivity contribution in [2.24, 2.45) is 0 Å². The van der Waals surface area contributed by atoms with Crippen molar-refractivity contribution in [3.05, 3.63) is 92.1 Å². The fourth-order valence-corrected chi connectivity index (χ4v) is 3.64. The third-order valence-corrected chi connectivity index (χ3v) is 6.55. The van der Waals surface area contributed by atoms with Crippen molar-refractivity contribution in [2.45, 2.75) is 18.3 Å². The van der Waals surface area contributed by atoms with E-state index in [2.05, 4.69) is 47.3 Å². The molecule has 0 spiro atoms. The minimum atomic E-state index is -5.12. The summed E-state index contributed by atoms with van der Waals surface area (Å²) in [5.74, 6) is -5.36.